The van der Waals surface area contributed by atoms with Crippen LogP contribution < -0.4 is 0 Å². The Bertz CT molecular complexity index is 526. The Morgan fingerprint density at radius 3 is 2.71 bits per heavy atom. The molecule has 2 aliphatic heterocycles. The smallest absolute Gasteiger partial charge is 0.410 e. The van der Waals surface area contributed by atoms with Crippen LogP contribution in [0.1, 0.15) is 24.8 Å². The lowest BCUT2D eigenvalue weighted by molar-refractivity contribution is -0.193. The van der Waals surface area contributed by atoms with Crippen molar-refractivity contribution in [2.24, 2.45) is 0 Å². The third-order valence-electron chi connectivity index (χ3n) is 4.66. The van der Waals surface area contributed by atoms with Crippen molar-refractivity contribution in [1.82, 2.24) is 4.90 Å². The van der Waals surface area contributed by atoms with Gasteiger partial charge in [0.1, 0.15) is 6.10 Å². The van der Waals surface area contributed by atoms with Crippen LogP contribution in [0.25, 0.3) is 0 Å². The van der Waals surface area contributed by atoms with Crippen molar-refractivity contribution in [1.29, 1.82) is 0 Å². The van der Waals surface area contributed by atoms with Crippen LogP contribution in [0.2, 0.25) is 0 Å². The topological polar surface area (TPSA) is 48.0 Å². The molecule has 112 valence electrons. The zero-order valence-electron chi connectivity index (χ0n) is 11.9. The summed E-state index contributed by atoms with van der Waals surface area (Å²) >= 11 is 0. The van der Waals surface area contributed by atoms with Gasteiger partial charge in [0.25, 0.3) is 0 Å². The van der Waals surface area contributed by atoms with Crippen molar-refractivity contribution in [3.8, 4) is 0 Å². The van der Waals surface area contributed by atoms with Gasteiger partial charge in [0.15, 0.2) is 5.79 Å². The monoisotopic (exact) mass is 289 g/mol. The number of fused-ring (bicyclic) bond motifs is 1. The van der Waals surface area contributed by atoms with Gasteiger partial charge in [-0.05, 0) is 12.0 Å². The molecule has 5 nitrogen and oxygen atoms in total. The summed E-state index contributed by atoms with van der Waals surface area (Å²) < 4.78 is 17.1. The normalized spacial score (nSPS) is 30.5. The van der Waals surface area contributed by atoms with E-state index in [-0.39, 0.29) is 18.2 Å². The molecule has 4 rings (SSSR count). The molecular weight excluding hydrogens is 270 g/mol. The molecule has 0 bridgehead atoms. The molecule has 0 N–H and O–H groups in total. The van der Waals surface area contributed by atoms with Crippen molar-refractivity contribution in [3.63, 3.8) is 0 Å². The van der Waals surface area contributed by atoms with Crippen LogP contribution in [-0.2, 0) is 20.8 Å². The summed E-state index contributed by atoms with van der Waals surface area (Å²) in [6.07, 6.45) is 2.07. The minimum atomic E-state index is -0.496. The summed E-state index contributed by atoms with van der Waals surface area (Å²) in [6.45, 7) is 1.87. The zero-order valence-corrected chi connectivity index (χ0v) is 11.9. The SMILES string of the molecule is O=C1OC2CCC3(CC2N1Cc1ccccc1)OCCO3. The van der Waals surface area contributed by atoms with Crippen LogP contribution in [-0.4, -0.2) is 42.1 Å². The van der Waals surface area contributed by atoms with Gasteiger partial charge in [-0.2, -0.15) is 0 Å². The highest BCUT2D eigenvalue weighted by Crippen LogP contribution is 2.42. The summed E-state index contributed by atoms with van der Waals surface area (Å²) in [4.78, 5) is 14.0. The van der Waals surface area contributed by atoms with E-state index in [9.17, 15) is 4.79 Å². The van der Waals surface area contributed by atoms with Gasteiger partial charge in [-0.15, -0.1) is 0 Å². The Morgan fingerprint density at radius 2 is 1.95 bits per heavy atom. The summed E-state index contributed by atoms with van der Waals surface area (Å²) in [7, 11) is 0. The minimum absolute atomic E-state index is 0.0281. The molecule has 1 aromatic carbocycles. The van der Waals surface area contributed by atoms with E-state index in [1.54, 1.807) is 0 Å². The van der Waals surface area contributed by atoms with E-state index in [4.69, 9.17) is 14.2 Å². The largest absolute Gasteiger partial charge is 0.444 e. The molecule has 1 aliphatic carbocycles. The van der Waals surface area contributed by atoms with Crippen LogP contribution in [0.4, 0.5) is 4.79 Å². The fourth-order valence-corrected chi connectivity index (χ4v) is 3.61. The molecule has 0 radical (unpaired) electrons. The van der Waals surface area contributed by atoms with Gasteiger partial charge in [-0.1, -0.05) is 30.3 Å². The second-order valence-electron chi connectivity index (χ2n) is 5.95. The highest BCUT2D eigenvalue weighted by Gasteiger charge is 2.52. The molecule has 0 aromatic heterocycles. The van der Waals surface area contributed by atoms with Gasteiger partial charge in [0.05, 0.1) is 19.3 Å². The van der Waals surface area contributed by atoms with Crippen molar-refractivity contribution in [3.05, 3.63) is 35.9 Å². The van der Waals surface area contributed by atoms with E-state index in [1.165, 1.54) is 0 Å². The lowest BCUT2D eigenvalue weighted by Crippen LogP contribution is -2.48. The number of ether oxygens (including phenoxy) is 3. The number of rotatable bonds is 2. The lowest BCUT2D eigenvalue weighted by atomic mass is 9.87. The number of nitrogens with zero attached hydrogens (tertiary/aromatic N) is 1. The predicted molar refractivity (Wildman–Crippen MR) is 74.5 cm³/mol. The Labute approximate surface area is 123 Å². The molecule has 1 amide bonds. The number of hydrogen-bond donors (Lipinski definition) is 0. The molecule has 5 heteroatoms. The second kappa shape index (κ2) is 5.00. The van der Waals surface area contributed by atoms with E-state index >= 15 is 0 Å². The van der Waals surface area contributed by atoms with Gasteiger partial charge in [0, 0.05) is 19.4 Å². The van der Waals surface area contributed by atoms with Crippen LogP contribution in [0.15, 0.2) is 30.3 Å². The Kier molecular flexibility index (Phi) is 3.12. The summed E-state index contributed by atoms with van der Waals surface area (Å²) in [5.74, 6) is -0.496. The van der Waals surface area contributed by atoms with E-state index in [0.29, 0.717) is 26.2 Å². The first-order chi connectivity index (χ1) is 10.3. The first kappa shape index (κ1) is 13.1. The number of amides is 1. The summed E-state index contributed by atoms with van der Waals surface area (Å²) in [6, 6.07) is 10.1. The third-order valence-corrected chi connectivity index (χ3v) is 4.66. The fraction of sp³-hybridized carbons (Fsp3) is 0.562. The third kappa shape index (κ3) is 2.30. The number of hydrogen-bond acceptors (Lipinski definition) is 4. The quantitative estimate of drug-likeness (QED) is 0.838. The van der Waals surface area contributed by atoms with Crippen molar-refractivity contribution >= 4 is 6.09 Å². The number of benzene rings is 1. The standard InChI is InChI=1S/C16H19NO4/c18-15-17(11-12-4-2-1-3-5-12)13-10-16(19-8-9-20-16)7-6-14(13)21-15/h1-5,13-14H,6-11H2. The Balaban J connectivity index is 1.54. The molecule has 3 fully saturated rings. The van der Waals surface area contributed by atoms with Gasteiger partial charge in [-0.25, -0.2) is 4.79 Å². The molecule has 1 spiro atoms. The van der Waals surface area contributed by atoms with Crippen LogP contribution >= 0.6 is 0 Å². The Hall–Kier alpha value is -1.59. The minimum Gasteiger partial charge on any atom is -0.444 e. The maximum atomic E-state index is 12.2. The maximum Gasteiger partial charge on any atom is 0.410 e. The van der Waals surface area contributed by atoms with Gasteiger partial charge >= 0.3 is 6.09 Å². The molecule has 2 unspecified atom stereocenters. The van der Waals surface area contributed by atoms with Crippen molar-refractivity contribution in [2.75, 3.05) is 13.2 Å². The molecule has 21 heavy (non-hydrogen) atoms. The van der Waals surface area contributed by atoms with E-state index in [1.807, 2.05) is 35.2 Å². The first-order valence-electron chi connectivity index (χ1n) is 7.55. The first-order valence-corrected chi connectivity index (χ1v) is 7.55. The molecule has 1 aromatic rings. The van der Waals surface area contributed by atoms with Crippen molar-refractivity contribution in [2.45, 2.75) is 43.7 Å². The van der Waals surface area contributed by atoms with Crippen LogP contribution in [0.5, 0.6) is 0 Å². The van der Waals surface area contributed by atoms with Gasteiger partial charge < -0.3 is 14.2 Å². The van der Waals surface area contributed by atoms with Crippen LogP contribution in [0, 0.1) is 0 Å². The lowest BCUT2D eigenvalue weighted by Gasteiger charge is -2.38. The average molecular weight is 289 g/mol. The van der Waals surface area contributed by atoms with E-state index in [0.717, 1.165) is 18.4 Å². The molecule has 1 saturated carbocycles. The highest BCUT2D eigenvalue weighted by atomic mass is 16.7. The number of carbonyl (C=O) groups is 1. The number of carbonyl (C=O) groups excluding carboxylic acids is 1. The maximum absolute atomic E-state index is 12.2. The average Bonchev–Trinajstić information content (AvgIpc) is 3.07. The summed E-state index contributed by atoms with van der Waals surface area (Å²) in [5.41, 5.74) is 1.11. The van der Waals surface area contributed by atoms with E-state index < -0.39 is 5.79 Å². The van der Waals surface area contributed by atoms with Gasteiger partial charge in [0.2, 0.25) is 0 Å². The van der Waals surface area contributed by atoms with Crippen LogP contribution in [0.3, 0.4) is 0 Å². The molecule has 2 atom stereocenters. The van der Waals surface area contributed by atoms with Crippen molar-refractivity contribution < 1.29 is 19.0 Å². The Morgan fingerprint density at radius 1 is 1.19 bits per heavy atom. The van der Waals surface area contributed by atoms with Gasteiger partial charge in [-0.3, -0.25) is 4.90 Å². The second-order valence-corrected chi connectivity index (χ2v) is 5.95. The molecule has 3 aliphatic rings. The molecule has 2 heterocycles. The molecular formula is C16H19NO4. The predicted octanol–water partition coefficient (Wildman–Crippen LogP) is 2.30. The molecule has 2 saturated heterocycles. The summed E-state index contributed by atoms with van der Waals surface area (Å²) in [5, 5.41) is 0. The van der Waals surface area contributed by atoms with E-state index in [2.05, 4.69) is 0 Å². The highest BCUT2D eigenvalue weighted by molar-refractivity contribution is 5.71. The zero-order chi connectivity index (χ0) is 14.3. The fourth-order valence-electron chi connectivity index (χ4n) is 3.61.